The third-order valence-corrected chi connectivity index (χ3v) is 4.36. The Hall–Kier alpha value is -0.490. The van der Waals surface area contributed by atoms with Gasteiger partial charge in [0.25, 0.3) is 0 Å². The van der Waals surface area contributed by atoms with Crippen LogP contribution in [0.2, 0.25) is 0 Å². The van der Waals surface area contributed by atoms with Gasteiger partial charge in [0, 0.05) is 0 Å². The summed E-state index contributed by atoms with van der Waals surface area (Å²) in [7, 11) is 0. The standard InChI is InChI=1S/C16H25Cl/c1-5-7-13(4)16(17)15-10-8-14(9-11-15)12(3)6-2/h8-13,16H,5-7H2,1-4H3. The monoisotopic (exact) mass is 252 g/mol. The van der Waals surface area contributed by atoms with Crippen LogP contribution in [0.3, 0.4) is 0 Å². The van der Waals surface area contributed by atoms with E-state index in [9.17, 15) is 0 Å². The maximum absolute atomic E-state index is 6.50. The first-order valence-corrected chi connectivity index (χ1v) is 7.27. The van der Waals surface area contributed by atoms with E-state index in [1.807, 2.05) is 0 Å². The third-order valence-electron chi connectivity index (χ3n) is 3.68. The molecule has 0 aromatic heterocycles. The summed E-state index contributed by atoms with van der Waals surface area (Å²) in [5, 5.41) is 0.154. The van der Waals surface area contributed by atoms with Crippen molar-refractivity contribution in [3.8, 4) is 0 Å². The summed E-state index contributed by atoms with van der Waals surface area (Å²) in [5.74, 6) is 1.20. The molecule has 3 unspecified atom stereocenters. The molecule has 1 aromatic rings. The molecule has 0 bridgehead atoms. The zero-order valence-electron chi connectivity index (χ0n) is 11.5. The Morgan fingerprint density at radius 1 is 1.00 bits per heavy atom. The maximum Gasteiger partial charge on any atom is 0.0610 e. The lowest BCUT2D eigenvalue weighted by atomic mass is 9.93. The molecule has 0 heterocycles. The minimum Gasteiger partial charge on any atom is -0.118 e. The fourth-order valence-electron chi connectivity index (χ4n) is 2.17. The van der Waals surface area contributed by atoms with E-state index >= 15 is 0 Å². The molecule has 0 saturated heterocycles. The lowest BCUT2D eigenvalue weighted by molar-refractivity contribution is 0.507. The van der Waals surface area contributed by atoms with Crippen LogP contribution in [0.15, 0.2) is 24.3 Å². The molecule has 0 nitrogen and oxygen atoms in total. The van der Waals surface area contributed by atoms with Crippen molar-refractivity contribution in [2.75, 3.05) is 0 Å². The average molecular weight is 253 g/mol. The summed E-state index contributed by atoms with van der Waals surface area (Å²) in [6, 6.07) is 8.87. The summed E-state index contributed by atoms with van der Waals surface area (Å²) >= 11 is 6.50. The lowest BCUT2D eigenvalue weighted by Gasteiger charge is -2.18. The quantitative estimate of drug-likeness (QED) is 0.552. The molecule has 0 radical (unpaired) electrons. The van der Waals surface area contributed by atoms with Crippen LogP contribution >= 0.6 is 11.6 Å². The fraction of sp³-hybridized carbons (Fsp3) is 0.625. The van der Waals surface area contributed by atoms with Crippen molar-refractivity contribution < 1.29 is 0 Å². The summed E-state index contributed by atoms with van der Waals surface area (Å²) in [5.41, 5.74) is 2.68. The Morgan fingerprint density at radius 3 is 2.00 bits per heavy atom. The summed E-state index contributed by atoms with van der Waals surface area (Å²) < 4.78 is 0. The van der Waals surface area contributed by atoms with Gasteiger partial charge in [-0.2, -0.15) is 0 Å². The van der Waals surface area contributed by atoms with Gasteiger partial charge in [-0.15, -0.1) is 11.6 Å². The predicted molar refractivity (Wildman–Crippen MR) is 77.8 cm³/mol. The van der Waals surface area contributed by atoms with Crippen LogP contribution < -0.4 is 0 Å². The SMILES string of the molecule is CCCC(C)C(Cl)c1ccc(C(C)CC)cc1. The van der Waals surface area contributed by atoms with Crippen LogP contribution in [-0.4, -0.2) is 0 Å². The molecule has 3 atom stereocenters. The van der Waals surface area contributed by atoms with Crippen molar-refractivity contribution >= 4 is 11.6 Å². The highest BCUT2D eigenvalue weighted by atomic mass is 35.5. The molecule has 1 rings (SSSR count). The van der Waals surface area contributed by atoms with E-state index in [0.29, 0.717) is 11.8 Å². The Balaban J connectivity index is 2.73. The first-order chi connectivity index (χ1) is 8.10. The van der Waals surface area contributed by atoms with Crippen molar-refractivity contribution in [3.05, 3.63) is 35.4 Å². The minimum atomic E-state index is 0.154. The minimum absolute atomic E-state index is 0.154. The molecule has 0 spiro atoms. The number of halogens is 1. The van der Waals surface area contributed by atoms with E-state index < -0.39 is 0 Å². The van der Waals surface area contributed by atoms with Crippen LogP contribution in [0.25, 0.3) is 0 Å². The van der Waals surface area contributed by atoms with Crippen LogP contribution in [0.5, 0.6) is 0 Å². The summed E-state index contributed by atoms with van der Waals surface area (Å²) in [6.07, 6.45) is 3.59. The van der Waals surface area contributed by atoms with Crippen molar-refractivity contribution in [1.82, 2.24) is 0 Å². The van der Waals surface area contributed by atoms with Gasteiger partial charge in [0.15, 0.2) is 0 Å². The van der Waals surface area contributed by atoms with Crippen molar-refractivity contribution in [3.63, 3.8) is 0 Å². The van der Waals surface area contributed by atoms with Crippen molar-refractivity contribution in [2.45, 2.75) is 58.3 Å². The van der Waals surface area contributed by atoms with Gasteiger partial charge in [-0.3, -0.25) is 0 Å². The van der Waals surface area contributed by atoms with E-state index in [-0.39, 0.29) is 5.38 Å². The number of alkyl halides is 1. The third kappa shape index (κ3) is 4.03. The zero-order valence-corrected chi connectivity index (χ0v) is 12.3. The van der Waals surface area contributed by atoms with Crippen LogP contribution in [-0.2, 0) is 0 Å². The molecular weight excluding hydrogens is 228 g/mol. The first-order valence-electron chi connectivity index (χ1n) is 6.84. The Kier molecular flexibility index (Phi) is 6.05. The van der Waals surface area contributed by atoms with Gasteiger partial charge >= 0.3 is 0 Å². The van der Waals surface area contributed by atoms with Gasteiger partial charge in [-0.05, 0) is 35.8 Å². The molecule has 0 aliphatic rings. The van der Waals surface area contributed by atoms with Crippen molar-refractivity contribution in [2.24, 2.45) is 5.92 Å². The molecular formula is C16H25Cl. The van der Waals surface area contributed by atoms with Gasteiger partial charge in [0.05, 0.1) is 5.38 Å². The van der Waals surface area contributed by atoms with E-state index in [0.717, 1.165) is 0 Å². The molecule has 0 amide bonds. The van der Waals surface area contributed by atoms with E-state index in [2.05, 4.69) is 52.0 Å². The number of hydrogen-bond donors (Lipinski definition) is 0. The normalized spacial score (nSPS) is 16.5. The predicted octanol–water partition coefficient (Wildman–Crippen LogP) is 5.92. The first kappa shape index (κ1) is 14.6. The molecule has 1 heteroatoms. The maximum atomic E-state index is 6.50. The van der Waals surface area contributed by atoms with E-state index in [1.54, 1.807) is 0 Å². The largest absolute Gasteiger partial charge is 0.118 e. The topological polar surface area (TPSA) is 0 Å². The van der Waals surface area contributed by atoms with Gasteiger partial charge in [0.2, 0.25) is 0 Å². The highest BCUT2D eigenvalue weighted by molar-refractivity contribution is 6.21. The Morgan fingerprint density at radius 2 is 1.53 bits per heavy atom. The van der Waals surface area contributed by atoms with E-state index in [4.69, 9.17) is 11.6 Å². The van der Waals surface area contributed by atoms with Gasteiger partial charge in [0.1, 0.15) is 0 Å². The highest BCUT2D eigenvalue weighted by Gasteiger charge is 2.15. The molecule has 0 saturated carbocycles. The van der Waals surface area contributed by atoms with E-state index in [1.165, 1.54) is 30.4 Å². The average Bonchev–Trinajstić information content (AvgIpc) is 2.37. The van der Waals surface area contributed by atoms with Crippen LogP contribution in [0.1, 0.15) is 69.4 Å². The molecule has 96 valence electrons. The Bertz CT molecular complexity index is 315. The molecule has 1 aromatic carbocycles. The molecule has 0 aliphatic heterocycles. The highest BCUT2D eigenvalue weighted by Crippen LogP contribution is 2.32. The molecule has 0 aliphatic carbocycles. The van der Waals surface area contributed by atoms with Gasteiger partial charge in [-0.25, -0.2) is 0 Å². The molecule has 0 fully saturated rings. The zero-order chi connectivity index (χ0) is 12.8. The molecule has 0 N–H and O–H groups in total. The number of hydrogen-bond acceptors (Lipinski definition) is 0. The fourth-order valence-corrected chi connectivity index (χ4v) is 2.45. The smallest absolute Gasteiger partial charge is 0.0610 e. The van der Waals surface area contributed by atoms with Crippen molar-refractivity contribution in [1.29, 1.82) is 0 Å². The number of rotatable bonds is 6. The van der Waals surface area contributed by atoms with Crippen LogP contribution in [0.4, 0.5) is 0 Å². The second-order valence-corrected chi connectivity index (χ2v) is 5.61. The van der Waals surface area contributed by atoms with Gasteiger partial charge in [-0.1, -0.05) is 58.4 Å². The van der Waals surface area contributed by atoms with Gasteiger partial charge < -0.3 is 0 Å². The lowest BCUT2D eigenvalue weighted by Crippen LogP contribution is -2.04. The summed E-state index contributed by atoms with van der Waals surface area (Å²) in [4.78, 5) is 0. The molecule has 17 heavy (non-hydrogen) atoms. The second kappa shape index (κ2) is 7.06. The Labute approximate surface area is 111 Å². The summed E-state index contributed by atoms with van der Waals surface area (Å²) in [6.45, 7) is 8.95. The van der Waals surface area contributed by atoms with Crippen LogP contribution in [0, 0.1) is 5.92 Å². The second-order valence-electron chi connectivity index (χ2n) is 5.14. The number of benzene rings is 1.